The molecule has 1 aromatic heterocycles. The lowest BCUT2D eigenvalue weighted by Crippen LogP contribution is -2.14. The quantitative estimate of drug-likeness (QED) is 0.743. The van der Waals surface area contributed by atoms with Gasteiger partial charge in [-0.3, -0.25) is 0 Å². The molecule has 0 aliphatic rings. The van der Waals surface area contributed by atoms with Crippen molar-refractivity contribution in [3.63, 3.8) is 0 Å². The zero-order valence-corrected chi connectivity index (χ0v) is 13.5. The van der Waals surface area contributed by atoms with Gasteiger partial charge in [0.25, 0.3) is 10.0 Å². The molecule has 114 valence electrons. The van der Waals surface area contributed by atoms with E-state index in [0.717, 1.165) is 10.9 Å². The summed E-state index contributed by atoms with van der Waals surface area (Å²) in [4.78, 5) is 0.279. The minimum atomic E-state index is -3.63. The lowest BCUT2D eigenvalue weighted by atomic mass is 10.2. The van der Waals surface area contributed by atoms with Crippen molar-refractivity contribution in [1.82, 2.24) is 3.97 Å². The van der Waals surface area contributed by atoms with E-state index in [4.69, 9.17) is 4.74 Å². The summed E-state index contributed by atoms with van der Waals surface area (Å²) in [5, 5.41) is 0.869. The molecular weight excluding hydrogens is 298 g/mol. The number of aromatic nitrogens is 1. The van der Waals surface area contributed by atoms with Gasteiger partial charge in [-0.1, -0.05) is 17.7 Å². The summed E-state index contributed by atoms with van der Waals surface area (Å²) < 4.78 is 32.5. The summed E-state index contributed by atoms with van der Waals surface area (Å²) in [5.74, 6) is 0.631. The number of nitrogens with zero attached hydrogens (tertiary/aromatic N) is 1. The molecule has 4 nitrogen and oxygen atoms in total. The normalized spacial score (nSPS) is 11.8. The second kappa shape index (κ2) is 5.18. The fraction of sp³-hybridized carbons (Fsp3) is 0.176. The van der Waals surface area contributed by atoms with E-state index in [9.17, 15) is 8.42 Å². The summed E-state index contributed by atoms with van der Waals surface area (Å²) in [6.45, 7) is 3.72. The molecule has 1 heterocycles. The van der Waals surface area contributed by atoms with Gasteiger partial charge in [0.1, 0.15) is 5.75 Å². The molecule has 0 saturated carbocycles. The highest BCUT2D eigenvalue weighted by molar-refractivity contribution is 7.90. The lowest BCUT2D eigenvalue weighted by Gasteiger charge is -2.11. The van der Waals surface area contributed by atoms with E-state index >= 15 is 0 Å². The summed E-state index contributed by atoms with van der Waals surface area (Å²) in [5.41, 5.74) is 2.32. The van der Waals surface area contributed by atoms with E-state index in [2.05, 4.69) is 0 Å². The molecule has 0 N–H and O–H groups in total. The van der Waals surface area contributed by atoms with Gasteiger partial charge >= 0.3 is 0 Å². The smallest absolute Gasteiger partial charge is 0.268 e. The predicted octanol–water partition coefficient (Wildman–Crippen LogP) is 3.50. The number of fused-ring (bicyclic) bond motifs is 1. The Morgan fingerprint density at radius 1 is 0.955 bits per heavy atom. The van der Waals surface area contributed by atoms with Gasteiger partial charge in [0.2, 0.25) is 0 Å². The second-order valence-corrected chi connectivity index (χ2v) is 7.08. The Morgan fingerprint density at radius 2 is 1.64 bits per heavy atom. The highest BCUT2D eigenvalue weighted by Crippen LogP contribution is 2.28. The molecule has 0 aliphatic heterocycles. The van der Waals surface area contributed by atoms with Crippen LogP contribution >= 0.6 is 0 Å². The molecule has 0 atom stereocenters. The number of hydrogen-bond acceptors (Lipinski definition) is 3. The molecule has 22 heavy (non-hydrogen) atoms. The first-order chi connectivity index (χ1) is 10.4. The van der Waals surface area contributed by atoms with Crippen molar-refractivity contribution in [3.8, 4) is 5.75 Å². The molecule has 5 heteroatoms. The van der Waals surface area contributed by atoms with Crippen molar-refractivity contribution in [1.29, 1.82) is 0 Å². The van der Waals surface area contributed by atoms with Gasteiger partial charge in [0, 0.05) is 17.1 Å². The molecule has 3 aromatic rings. The molecule has 0 spiro atoms. The van der Waals surface area contributed by atoms with Crippen molar-refractivity contribution >= 4 is 20.9 Å². The van der Waals surface area contributed by atoms with E-state index in [-0.39, 0.29) is 4.90 Å². The Balaban J connectivity index is 2.28. The van der Waals surface area contributed by atoms with Gasteiger partial charge < -0.3 is 4.74 Å². The fourth-order valence-electron chi connectivity index (χ4n) is 2.56. The van der Waals surface area contributed by atoms with Crippen LogP contribution in [0.4, 0.5) is 0 Å². The Labute approximate surface area is 130 Å². The molecule has 0 unspecified atom stereocenters. The van der Waals surface area contributed by atoms with E-state index in [0.29, 0.717) is 17.0 Å². The third kappa shape index (κ3) is 2.27. The molecule has 0 saturated heterocycles. The summed E-state index contributed by atoms with van der Waals surface area (Å²) in [6, 6.07) is 14.2. The average Bonchev–Trinajstić information content (AvgIpc) is 2.83. The number of ether oxygens (including phenoxy) is 1. The van der Waals surface area contributed by atoms with E-state index < -0.39 is 10.0 Å². The van der Waals surface area contributed by atoms with Crippen LogP contribution < -0.4 is 4.74 Å². The first kappa shape index (κ1) is 14.7. The zero-order chi connectivity index (χ0) is 15.9. The summed E-state index contributed by atoms with van der Waals surface area (Å²) in [7, 11) is -2.07. The highest BCUT2D eigenvalue weighted by Gasteiger charge is 2.21. The zero-order valence-electron chi connectivity index (χ0n) is 12.7. The van der Waals surface area contributed by atoms with Crippen LogP contribution in [0.2, 0.25) is 0 Å². The maximum atomic E-state index is 13.0. The third-order valence-corrected chi connectivity index (χ3v) is 5.53. The molecule has 0 bridgehead atoms. The Bertz CT molecular complexity index is 938. The van der Waals surface area contributed by atoms with Crippen LogP contribution in [-0.4, -0.2) is 19.5 Å². The van der Waals surface area contributed by atoms with E-state index in [1.165, 1.54) is 3.97 Å². The standard InChI is InChI=1S/C17H17NO3S/c1-12-4-8-16(9-5-12)22(19,20)18-13(2)10-14-6-7-15(21-3)11-17(14)18/h4-11H,1-3H3. The third-order valence-electron chi connectivity index (χ3n) is 3.70. The van der Waals surface area contributed by atoms with Crippen LogP contribution in [0.25, 0.3) is 10.9 Å². The highest BCUT2D eigenvalue weighted by atomic mass is 32.2. The number of aryl methyl sites for hydroxylation is 2. The van der Waals surface area contributed by atoms with Crippen molar-refractivity contribution in [2.45, 2.75) is 18.7 Å². The van der Waals surface area contributed by atoms with Crippen molar-refractivity contribution in [2.75, 3.05) is 7.11 Å². The van der Waals surface area contributed by atoms with Gasteiger partial charge in [-0.15, -0.1) is 0 Å². The monoisotopic (exact) mass is 315 g/mol. The second-order valence-electron chi connectivity index (χ2n) is 5.29. The largest absolute Gasteiger partial charge is 0.497 e. The topological polar surface area (TPSA) is 48.3 Å². The SMILES string of the molecule is COc1ccc2cc(C)n(S(=O)(=O)c3ccc(C)cc3)c2c1. The number of benzene rings is 2. The number of methoxy groups -OCH3 is 1. The average molecular weight is 315 g/mol. The Kier molecular flexibility index (Phi) is 3.45. The molecule has 0 fully saturated rings. The molecular formula is C17H17NO3S. The van der Waals surface area contributed by atoms with E-state index in [1.807, 2.05) is 25.1 Å². The summed E-state index contributed by atoms with van der Waals surface area (Å²) >= 11 is 0. The Morgan fingerprint density at radius 3 is 2.27 bits per heavy atom. The van der Waals surface area contributed by atoms with Crippen molar-refractivity contribution in [3.05, 3.63) is 59.8 Å². The lowest BCUT2D eigenvalue weighted by molar-refractivity contribution is 0.415. The minimum Gasteiger partial charge on any atom is -0.497 e. The molecule has 3 rings (SSSR count). The van der Waals surface area contributed by atoms with Gasteiger partial charge in [-0.05, 0) is 44.2 Å². The van der Waals surface area contributed by atoms with Crippen LogP contribution in [-0.2, 0) is 10.0 Å². The van der Waals surface area contributed by atoms with Crippen LogP contribution in [0.5, 0.6) is 5.75 Å². The number of hydrogen-bond donors (Lipinski definition) is 0. The Hall–Kier alpha value is -2.27. The first-order valence-corrected chi connectivity index (χ1v) is 8.36. The first-order valence-electron chi connectivity index (χ1n) is 6.92. The number of rotatable bonds is 3. The van der Waals surface area contributed by atoms with Crippen LogP contribution in [0.3, 0.4) is 0 Å². The molecule has 0 amide bonds. The maximum Gasteiger partial charge on any atom is 0.268 e. The van der Waals surface area contributed by atoms with Crippen molar-refractivity contribution in [2.24, 2.45) is 0 Å². The van der Waals surface area contributed by atoms with Crippen LogP contribution in [0.15, 0.2) is 53.4 Å². The summed E-state index contributed by atoms with van der Waals surface area (Å²) in [6.07, 6.45) is 0. The van der Waals surface area contributed by atoms with E-state index in [1.54, 1.807) is 44.4 Å². The van der Waals surface area contributed by atoms with Gasteiger partial charge in [-0.25, -0.2) is 12.4 Å². The van der Waals surface area contributed by atoms with Crippen LogP contribution in [0.1, 0.15) is 11.3 Å². The fourth-order valence-corrected chi connectivity index (χ4v) is 4.10. The molecule has 2 aromatic carbocycles. The minimum absolute atomic E-state index is 0.279. The van der Waals surface area contributed by atoms with Gasteiger partial charge in [0.05, 0.1) is 17.5 Å². The van der Waals surface area contributed by atoms with Crippen LogP contribution in [0, 0.1) is 13.8 Å². The predicted molar refractivity (Wildman–Crippen MR) is 87.0 cm³/mol. The molecule has 0 radical (unpaired) electrons. The van der Waals surface area contributed by atoms with Gasteiger partial charge in [-0.2, -0.15) is 0 Å². The van der Waals surface area contributed by atoms with Gasteiger partial charge in [0.15, 0.2) is 0 Å². The van der Waals surface area contributed by atoms with Crippen molar-refractivity contribution < 1.29 is 13.2 Å². The molecule has 0 aliphatic carbocycles. The maximum absolute atomic E-state index is 13.0.